The molecule has 1 N–H and O–H groups in total. The number of thiophene rings is 1. The predicted octanol–water partition coefficient (Wildman–Crippen LogP) is 2.06. The lowest BCUT2D eigenvalue weighted by Gasteiger charge is -2.25. The molecule has 4 rings (SSSR count). The molecule has 2 saturated heterocycles. The van der Waals surface area contributed by atoms with Crippen molar-refractivity contribution in [1.29, 1.82) is 0 Å². The minimum atomic E-state index is -0.234. The number of rotatable bonds is 3. The highest BCUT2D eigenvalue weighted by atomic mass is 32.1. The molecule has 3 aliphatic rings. The molecule has 2 unspecified atom stereocenters. The number of nitrogens with one attached hydrogen (secondary N) is 1. The van der Waals surface area contributed by atoms with Crippen LogP contribution in [-0.4, -0.2) is 36.1 Å². The SMILES string of the molecule is Cc1ccc(C2NC3(CC3)C(=O)N2CC2CCOC2)s1. The van der Waals surface area contributed by atoms with Gasteiger partial charge >= 0.3 is 0 Å². The molecule has 0 radical (unpaired) electrons. The number of carbonyl (C=O) groups is 1. The first-order valence-corrected chi connectivity index (χ1v) is 8.22. The van der Waals surface area contributed by atoms with Gasteiger partial charge in [0.15, 0.2) is 0 Å². The van der Waals surface area contributed by atoms with Crippen LogP contribution in [0.2, 0.25) is 0 Å². The molecule has 20 heavy (non-hydrogen) atoms. The minimum Gasteiger partial charge on any atom is -0.381 e. The van der Waals surface area contributed by atoms with Gasteiger partial charge in [-0.3, -0.25) is 10.1 Å². The van der Waals surface area contributed by atoms with Crippen LogP contribution in [0.5, 0.6) is 0 Å². The second-order valence-electron chi connectivity index (χ2n) is 6.26. The Bertz CT molecular complexity index is 532. The summed E-state index contributed by atoms with van der Waals surface area (Å²) in [6.45, 7) is 4.59. The number of carbonyl (C=O) groups excluding carboxylic acids is 1. The van der Waals surface area contributed by atoms with Crippen molar-refractivity contribution < 1.29 is 9.53 Å². The van der Waals surface area contributed by atoms with Crippen LogP contribution in [0.25, 0.3) is 0 Å². The van der Waals surface area contributed by atoms with E-state index in [1.54, 1.807) is 11.3 Å². The zero-order valence-corrected chi connectivity index (χ0v) is 12.5. The van der Waals surface area contributed by atoms with Gasteiger partial charge in [-0.05, 0) is 38.3 Å². The molecule has 1 aliphatic carbocycles. The summed E-state index contributed by atoms with van der Waals surface area (Å²) in [5.74, 6) is 0.804. The maximum atomic E-state index is 12.7. The van der Waals surface area contributed by atoms with Crippen LogP contribution >= 0.6 is 11.3 Å². The molecule has 1 aromatic rings. The van der Waals surface area contributed by atoms with Gasteiger partial charge in [0.25, 0.3) is 0 Å². The van der Waals surface area contributed by atoms with Gasteiger partial charge in [0.05, 0.1) is 6.61 Å². The third-order valence-corrected chi connectivity index (χ3v) is 5.71. The average Bonchev–Trinajstić information content (AvgIpc) is 2.79. The number of amides is 1. The third kappa shape index (κ3) is 2.00. The standard InChI is InChI=1S/C15H20N2O2S/c1-10-2-3-12(20-10)13-16-15(5-6-15)14(18)17(13)8-11-4-7-19-9-11/h2-3,11,13,16H,4-9H2,1H3. The Morgan fingerprint density at radius 3 is 2.95 bits per heavy atom. The highest BCUT2D eigenvalue weighted by Crippen LogP contribution is 2.47. The first kappa shape index (κ1) is 12.8. The lowest BCUT2D eigenvalue weighted by molar-refractivity contribution is -0.131. The average molecular weight is 292 g/mol. The van der Waals surface area contributed by atoms with Gasteiger partial charge in [-0.2, -0.15) is 0 Å². The van der Waals surface area contributed by atoms with Crippen molar-refractivity contribution in [2.24, 2.45) is 5.92 Å². The molecule has 108 valence electrons. The van der Waals surface area contributed by atoms with Crippen molar-refractivity contribution in [2.75, 3.05) is 19.8 Å². The van der Waals surface area contributed by atoms with E-state index in [0.717, 1.165) is 39.0 Å². The zero-order valence-electron chi connectivity index (χ0n) is 11.7. The summed E-state index contributed by atoms with van der Waals surface area (Å²) in [5, 5.41) is 3.59. The summed E-state index contributed by atoms with van der Waals surface area (Å²) >= 11 is 1.79. The highest BCUT2D eigenvalue weighted by Gasteiger charge is 2.59. The molecule has 2 aliphatic heterocycles. The topological polar surface area (TPSA) is 41.6 Å². The lowest BCUT2D eigenvalue weighted by Crippen LogP contribution is -2.35. The fourth-order valence-electron chi connectivity index (χ4n) is 3.30. The summed E-state index contributed by atoms with van der Waals surface area (Å²) < 4.78 is 5.46. The number of hydrogen-bond donors (Lipinski definition) is 1. The van der Waals surface area contributed by atoms with Crippen LogP contribution in [0.15, 0.2) is 12.1 Å². The van der Waals surface area contributed by atoms with Gasteiger partial charge < -0.3 is 9.64 Å². The monoisotopic (exact) mass is 292 g/mol. The molecule has 1 amide bonds. The normalized spacial score (nSPS) is 31.4. The maximum absolute atomic E-state index is 12.7. The molecule has 3 heterocycles. The summed E-state index contributed by atoms with van der Waals surface area (Å²) in [5.41, 5.74) is -0.234. The molecule has 3 fully saturated rings. The molecule has 0 aromatic carbocycles. The Kier molecular flexibility index (Phi) is 2.91. The summed E-state index contributed by atoms with van der Waals surface area (Å²) in [6.07, 6.45) is 3.13. The van der Waals surface area contributed by atoms with Crippen molar-refractivity contribution in [2.45, 2.75) is 37.9 Å². The van der Waals surface area contributed by atoms with E-state index in [0.29, 0.717) is 11.8 Å². The van der Waals surface area contributed by atoms with Crippen molar-refractivity contribution in [3.8, 4) is 0 Å². The van der Waals surface area contributed by atoms with Crippen LogP contribution in [-0.2, 0) is 9.53 Å². The second kappa shape index (κ2) is 4.55. The van der Waals surface area contributed by atoms with Crippen LogP contribution in [0.4, 0.5) is 0 Å². The Hall–Kier alpha value is -0.910. The molecule has 1 spiro atoms. The van der Waals surface area contributed by atoms with E-state index in [2.05, 4.69) is 29.3 Å². The second-order valence-corrected chi connectivity index (χ2v) is 7.58. The molecule has 2 atom stereocenters. The van der Waals surface area contributed by atoms with Crippen molar-refractivity contribution >= 4 is 17.2 Å². The minimum absolute atomic E-state index is 0.0734. The molecule has 5 heteroatoms. The van der Waals surface area contributed by atoms with Gasteiger partial charge in [-0.15, -0.1) is 11.3 Å². The molecule has 1 saturated carbocycles. The van der Waals surface area contributed by atoms with E-state index in [9.17, 15) is 4.79 Å². The summed E-state index contributed by atoms with van der Waals surface area (Å²) in [4.78, 5) is 17.3. The van der Waals surface area contributed by atoms with Gasteiger partial charge in [-0.1, -0.05) is 0 Å². The fourth-order valence-corrected chi connectivity index (χ4v) is 4.24. The molecular formula is C15H20N2O2S. The molecule has 4 nitrogen and oxygen atoms in total. The van der Waals surface area contributed by atoms with E-state index in [-0.39, 0.29) is 11.7 Å². The van der Waals surface area contributed by atoms with Crippen molar-refractivity contribution in [3.05, 3.63) is 21.9 Å². The first-order valence-electron chi connectivity index (χ1n) is 7.41. The van der Waals surface area contributed by atoms with Crippen LogP contribution < -0.4 is 5.32 Å². The predicted molar refractivity (Wildman–Crippen MR) is 77.5 cm³/mol. The largest absolute Gasteiger partial charge is 0.381 e. The van der Waals surface area contributed by atoms with E-state index in [1.165, 1.54) is 9.75 Å². The zero-order chi connectivity index (χ0) is 13.7. The molecule has 0 bridgehead atoms. The summed E-state index contributed by atoms with van der Waals surface area (Å²) in [7, 11) is 0. The number of hydrogen-bond acceptors (Lipinski definition) is 4. The van der Waals surface area contributed by atoms with Gasteiger partial charge in [-0.25, -0.2) is 0 Å². The Labute approximate surface area is 123 Å². The number of ether oxygens (including phenoxy) is 1. The van der Waals surface area contributed by atoms with Crippen LogP contribution in [0.1, 0.15) is 35.2 Å². The Morgan fingerprint density at radius 2 is 2.35 bits per heavy atom. The van der Waals surface area contributed by atoms with Crippen LogP contribution in [0.3, 0.4) is 0 Å². The molecule has 1 aromatic heterocycles. The summed E-state index contributed by atoms with van der Waals surface area (Å²) in [6, 6.07) is 4.30. The Morgan fingerprint density at radius 1 is 1.50 bits per heavy atom. The smallest absolute Gasteiger partial charge is 0.244 e. The molecular weight excluding hydrogens is 272 g/mol. The van der Waals surface area contributed by atoms with Crippen LogP contribution in [0, 0.1) is 12.8 Å². The number of aryl methyl sites for hydroxylation is 1. The quantitative estimate of drug-likeness (QED) is 0.927. The lowest BCUT2D eigenvalue weighted by atomic mass is 10.1. The van der Waals surface area contributed by atoms with Gasteiger partial charge in [0.2, 0.25) is 5.91 Å². The Balaban J connectivity index is 1.59. The maximum Gasteiger partial charge on any atom is 0.244 e. The van der Waals surface area contributed by atoms with Gasteiger partial charge in [0.1, 0.15) is 11.7 Å². The van der Waals surface area contributed by atoms with E-state index >= 15 is 0 Å². The highest BCUT2D eigenvalue weighted by molar-refractivity contribution is 7.12. The van der Waals surface area contributed by atoms with Crippen molar-refractivity contribution in [1.82, 2.24) is 10.2 Å². The number of nitrogens with zero attached hydrogens (tertiary/aromatic N) is 1. The van der Waals surface area contributed by atoms with E-state index in [4.69, 9.17) is 4.74 Å². The van der Waals surface area contributed by atoms with Crippen molar-refractivity contribution in [3.63, 3.8) is 0 Å². The third-order valence-electron chi connectivity index (χ3n) is 4.65. The van der Waals surface area contributed by atoms with E-state index in [1.807, 2.05) is 0 Å². The van der Waals surface area contributed by atoms with Gasteiger partial charge in [0, 0.05) is 28.8 Å². The fraction of sp³-hybridized carbons (Fsp3) is 0.667. The first-order chi connectivity index (χ1) is 9.68. The van der Waals surface area contributed by atoms with E-state index < -0.39 is 0 Å².